The maximum Gasteiger partial charge on any atom is 0.191 e. The van der Waals surface area contributed by atoms with E-state index >= 15 is 0 Å². The smallest absolute Gasteiger partial charge is 0.191 e. The number of hydrogen-bond donors (Lipinski definition) is 2. The minimum atomic E-state index is 0.453. The highest BCUT2D eigenvalue weighted by molar-refractivity contribution is 9.10. The summed E-state index contributed by atoms with van der Waals surface area (Å²) in [6, 6.07) is 17.5. The summed E-state index contributed by atoms with van der Waals surface area (Å²) in [6.07, 6.45) is 1.71. The predicted molar refractivity (Wildman–Crippen MR) is 87.5 cm³/mol. The van der Waals surface area contributed by atoms with Gasteiger partial charge in [-0.05, 0) is 30.4 Å². The lowest BCUT2D eigenvalue weighted by Gasteiger charge is -2.06. The molecular formula is C14H12BrN3S. The van der Waals surface area contributed by atoms with Gasteiger partial charge in [-0.2, -0.15) is 5.10 Å². The number of nitrogens with zero attached hydrogens (tertiary/aromatic N) is 1. The van der Waals surface area contributed by atoms with Crippen molar-refractivity contribution < 1.29 is 0 Å². The highest BCUT2D eigenvalue weighted by Gasteiger charge is 1.95. The third-order valence-electron chi connectivity index (χ3n) is 2.31. The Hall–Kier alpha value is -1.72. The van der Waals surface area contributed by atoms with Gasteiger partial charge in [0.05, 0.1) is 6.21 Å². The van der Waals surface area contributed by atoms with E-state index in [0.717, 1.165) is 15.7 Å². The van der Waals surface area contributed by atoms with Crippen LogP contribution in [0, 0.1) is 0 Å². The van der Waals surface area contributed by atoms with Crippen LogP contribution in [0.2, 0.25) is 0 Å². The fraction of sp³-hybridized carbons (Fsp3) is 0. The van der Waals surface area contributed by atoms with Crippen LogP contribution < -0.4 is 10.7 Å². The number of anilines is 1. The molecule has 3 nitrogen and oxygen atoms in total. The van der Waals surface area contributed by atoms with Gasteiger partial charge in [-0.1, -0.05) is 52.3 Å². The van der Waals surface area contributed by atoms with E-state index in [1.54, 1.807) is 6.21 Å². The Balaban J connectivity index is 1.89. The number of hydrogen-bond acceptors (Lipinski definition) is 2. The number of thiocarbonyl (C=S) groups is 1. The molecule has 2 aromatic rings. The molecule has 0 aliphatic heterocycles. The molecule has 2 rings (SSSR count). The van der Waals surface area contributed by atoms with Crippen LogP contribution in [0.25, 0.3) is 0 Å². The zero-order valence-electron chi connectivity index (χ0n) is 10.0. The fourth-order valence-electron chi connectivity index (χ4n) is 1.42. The molecule has 5 heteroatoms. The van der Waals surface area contributed by atoms with Gasteiger partial charge in [0.2, 0.25) is 0 Å². The molecule has 0 aromatic heterocycles. The SMILES string of the molecule is S=C(N/N=C/c1ccccc1Br)Nc1ccccc1. The summed E-state index contributed by atoms with van der Waals surface area (Å²) in [6.45, 7) is 0. The highest BCUT2D eigenvalue weighted by atomic mass is 79.9. The number of para-hydroxylation sites is 1. The lowest BCUT2D eigenvalue weighted by molar-refractivity contribution is 1.05. The molecule has 0 saturated heterocycles. The van der Waals surface area contributed by atoms with Crippen LogP contribution in [0.15, 0.2) is 64.2 Å². The molecule has 0 amide bonds. The van der Waals surface area contributed by atoms with Crippen molar-refractivity contribution in [1.82, 2.24) is 5.43 Å². The molecule has 0 radical (unpaired) electrons. The lowest BCUT2D eigenvalue weighted by atomic mass is 10.2. The molecule has 2 N–H and O–H groups in total. The summed E-state index contributed by atoms with van der Waals surface area (Å²) in [5.74, 6) is 0. The number of hydrazone groups is 1. The molecule has 0 aliphatic rings. The van der Waals surface area contributed by atoms with Gasteiger partial charge < -0.3 is 5.32 Å². The molecule has 0 saturated carbocycles. The Morgan fingerprint density at radius 1 is 1.05 bits per heavy atom. The first kappa shape index (κ1) is 13.7. The summed E-state index contributed by atoms with van der Waals surface area (Å²) in [7, 11) is 0. The third-order valence-corrected chi connectivity index (χ3v) is 3.22. The van der Waals surface area contributed by atoms with Crippen molar-refractivity contribution in [3.63, 3.8) is 0 Å². The predicted octanol–water partition coefficient (Wildman–Crippen LogP) is 3.77. The van der Waals surface area contributed by atoms with Gasteiger partial charge in [0.1, 0.15) is 0 Å². The lowest BCUT2D eigenvalue weighted by Crippen LogP contribution is -2.23. The van der Waals surface area contributed by atoms with Gasteiger partial charge in [-0.15, -0.1) is 0 Å². The number of rotatable bonds is 3. The quantitative estimate of drug-likeness (QED) is 0.510. The molecule has 0 bridgehead atoms. The monoisotopic (exact) mass is 333 g/mol. The van der Waals surface area contributed by atoms with Gasteiger partial charge in [0.15, 0.2) is 5.11 Å². The minimum absolute atomic E-state index is 0.453. The second-order valence-electron chi connectivity index (χ2n) is 3.71. The van der Waals surface area contributed by atoms with E-state index in [-0.39, 0.29) is 0 Å². The topological polar surface area (TPSA) is 36.4 Å². The summed E-state index contributed by atoms with van der Waals surface area (Å²) in [5, 5.41) is 7.58. The van der Waals surface area contributed by atoms with Crippen molar-refractivity contribution in [1.29, 1.82) is 0 Å². The van der Waals surface area contributed by atoms with Crippen molar-refractivity contribution in [2.75, 3.05) is 5.32 Å². The van der Waals surface area contributed by atoms with Crippen molar-refractivity contribution >= 4 is 45.2 Å². The van der Waals surface area contributed by atoms with E-state index < -0.39 is 0 Å². The molecule has 0 spiro atoms. The van der Waals surface area contributed by atoms with E-state index in [2.05, 4.69) is 31.8 Å². The van der Waals surface area contributed by atoms with Crippen LogP contribution in [0.5, 0.6) is 0 Å². The summed E-state index contributed by atoms with van der Waals surface area (Å²) in [4.78, 5) is 0. The maximum atomic E-state index is 5.14. The van der Waals surface area contributed by atoms with Crippen molar-refractivity contribution in [3.05, 3.63) is 64.6 Å². The Morgan fingerprint density at radius 3 is 2.47 bits per heavy atom. The van der Waals surface area contributed by atoms with Crippen LogP contribution in [-0.4, -0.2) is 11.3 Å². The van der Waals surface area contributed by atoms with E-state index in [1.807, 2.05) is 54.6 Å². The molecule has 0 aliphatic carbocycles. The highest BCUT2D eigenvalue weighted by Crippen LogP contribution is 2.13. The largest absolute Gasteiger partial charge is 0.331 e. The number of benzene rings is 2. The van der Waals surface area contributed by atoms with Crippen LogP contribution in [-0.2, 0) is 0 Å². The molecule has 0 unspecified atom stereocenters. The van der Waals surface area contributed by atoms with Crippen LogP contribution >= 0.6 is 28.1 Å². The van der Waals surface area contributed by atoms with Crippen LogP contribution in [0.3, 0.4) is 0 Å². The zero-order chi connectivity index (χ0) is 13.5. The maximum absolute atomic E-state index is 5.14. The average molecular weight is 334 g/mol. The van der Waals surface area contributed by atoms with Crippen molar-refractivity contribution in [3.8, 4) is 0 Å². The number of nitrogens with one attached hydrogen (secondary N) is 2. The normalized spacial score (nSPS) is 10.4. The van der Waals surface area contributed by atoms with Gasteiger partial charge in [-0.3, -0.25) is 5.43 Å². The third kappa shape index (κ3) is 4.46. The Labute approximate surface area is 125 Å². The fourth-order valence-corrected chi connectivity index (χ4v) is 1.98. The summed E-state index contributed by atoms with van der Waals surface area (Å²) >= 11 is 8.59. The minimum Gasteiger partial charge on any atom is -0.331 e. The first-order chi connectivity index (χ1) is 9.25. The van der Waals surface area contributed by atoms with E-state index in [4.69, 9.17) is 12.2 Å². The van der Waals surface area contributed by atoms with E-state index in [0.29, 0.717) is 5.11 Å². The molecule has 0 heterocycles. The molecule has 19 heavy (non-hydrogen) atoms. The van der Waals surface area contributed by atoms with Crippen molar-refractivity contribution in [2.45, 2.75) is 0 Å². The van der Waals surface area contributed by atoms with Gasteiger partial charge in [-0.25, -0.2) is 0 Å². The Morgan fingerprint density at radius 2 is 1.74 bits per heavy atom. The first-order valence-electron chi connectivity index (χ1n) is 5.65. The van der Waals surface area contributed by atoms with Gasteiger partial charge in [0.25, 0.3) is 0 Å². The van der Waals surface area contributed by atoms with Crippen molar-refractivity contribution in [2.24, 2.45) is 5.10 Å². The second-order valence-corrected chi connectivity index (χ2v) is 4.97. The Bertz CT molecular complexity index is 584. The van der Waals surface area contributed by atoms with Gasteiger partial charge >= 0.3 is 0 Å². The molecule has 0 atom stereocenters. The van der Waals surface area contributed by atoms with E-state index in [9.17, 15) is 0 Å². The van der Waals surface area contributed by atoms with Gasteiger partial charge in [0, 0.05) is 15.7 Å². The standard InChI is InChI=1S/C14H12BrN3S/c15-13-9-5-4-6-11(13)10-16-18-14(19)17-12-7-2-1-3-8-12/h1-10H,(H2,17,18,19)/b16-10+. The zero-order valence-corrected chi connectivity index (χ0v) is 12.4. The number of halogens is 1. The Kier molecular flexibility index (Phi) is 5.06. The summed E-state index contributed by atoms with van der Waals surface area (Å²) in [5.41, 5.74) is 4.69. The average Bonchev–Trinajstić information content (AvgIpc) is 2.42. The summed E-state index contributed by atoms with van der Waals surface area (Å²) < 4.78 is 0.988. The van der Waals surface area contributed by atoms with E-state index in [1.165, 1.54) is 0 Å². The molecule has 0 fully saturated rings. The van der Waals surface area contributed by atoms with Crippen LogP contribution in [0.4, 0.5) is 5.69 Å². The molecule has 2 aromatic carbocycles. The first-order valence-corrected chi connectivity index (χ1v) is 6.85. The second kappa shape index (κ2) is 7.01. The molecule has 96 valence electrons. The molecular weight excluding hydrogens is 322 g/mol. The van der Waals surface area contributed by atoms with Crippen LogP contribution in [0.1, 0.15) is 5.56 Å².